The van der Waals surface area contributed by atoms with Gasteiger partial charge in [-0.15, -0.1) is 0 Å². The van der Waals surface area contributed by atoms with Crippen LogP contribution in [0.3, 0.4) is 0 Å². The Balaban J connectivity index is 1.72. The Bertz CT molecular complexity index is 362. The molecule has 0 aromatic carbocycles. The number of oxime groups is 1. The van der Waals surface area contributed by atoms with Crippen molar-refractivity contribution in [2.24, 2.45) is 17.0 Å². The van der Waals surface area contributed by atoms with Crippen LogP contribution in [0.1, 0.15) is 58.3 Å². The van der Waals surface area contributed by atoms with Gasteiger partial charge in [-0.3, -0.25) is 0 Å². The fourth-order valence-electron chi connectivity index (χ4n) is 3.39. The number of hydrogen-bond donors (Lipinski definition) is 1. The number of hydrogen-bond acceptors (Lipinski definition) is 4. The zero-order valence-corrected chi connectivity index (χ0v) is 14.0. The number of thioether (sulfide) groups is 1. The third-order valence-corrected chi connectivity index (χ3v) is 5.87. The molecule has 2 atom stereocenters. The summed E-state index contributed by atoms with van der Waals surface area (Å²) in [6.45, 7) is 2.56. The van der Waals surface area contributed by atoms with Gasteiger partial charge in [-0.25, -0.2) is 0 Å². The van der Waals surface area contributed by atoms with Gasteiger partial charge >= 0.3 is 0 Å². The SMILES string of the molecule is CCON=CCCCC1=C(O)CC(C2CCCSC2)CC1. The van der Waals surface area contributed by atoms with Gasteiger partial charge in [0.2, 0.25) is 0 Å². The summed E-state index contributed by atoms with van der Waals surface area (Å²) in [6.07, 6.45) is 10.9. The van der Waals surface area contributed by atoms with Gasteiger partial charge in [0.05, 0.1) is 5.76 Å². The summed E-state index contributed by atoms with van der Waals surface area (Å²) in [6, 6.07) is 0. The summed E-state index contributed by atoms with van der Waals surface area (Å²) >= 11 is 2.10. The van der Waals surface area contributed by atoms with E-state index in [1.165, 1.54) is 36.3 Å². The maximum absolute atomic E-state index is 10.3. The smallest absolute Gasteiger partial charge is 0.114 e. The number of aliphatic hydroxyl groups is 1. The highest BCUT2D eigenvalue weighted by Crippen LogP contribution is 2.39. The van der Waals surface area contributed by atoms with Crippen LogP contribution in [-0.4, -0.2) is 29.4 Å². The molecule has 1 N–H and O–H groups in total. The summed E-state index contributed by atoms with van der Waals surface area (Å²) in [4.78, 5) is 4.93. The van der Waals surface area contributed by atoms with Crippen molar-refractivity contribution >= 4 is 18.0 Å². The quantitative estimate of drug-likeness (QED) is 0.411. The molecule has 2 aliphatic rings. The third-order valence-electron chi connectivity index (χ3n) is 4.63. The second-order valence-electron chi connectivity index (χ2n) is 6.13. The summed E-state index contributed by atoms with van der Waals surface area (Å²) in [5.74, 6) is 4.90. The minimum absolute atomic E-state index is 0.628. The van der Waals surface area contributed by atoms with E-state index < -0.39 is 0 Å². The molecule has 1 saturated heterocycles. The Labute approximate surface area is 133 Å². The van der Waals surface area contributed by atoms with E-state index in [-0.39, 0.29) is 0 Å². The van der Waals surface area contributed by atoms with Gasteiger partial charge in [-0.2, -0.15) is 11.8 Å². The molecule has 1 aliphatic carbocycles. The van der Waals surface area contributed by atoms with E-state index in [2.05, 4.69) is 16.9 Å². The molecule has 21 heavy (non-hydrogen) atoms. The monoisotopic (exact) mass is 311 g/mol. The second-order valence-corrected chi connectivity index (χ2v) is 7.28. The largest absolute Gasteiger partial charge is 0.512 e. The van der Waals surface area contributed by atoms with Gasteiger partial charge < -0.3 is 9.94 Å². The molecule has 4 heteroatoms. The lowest BCUT2D eigenvalue weighted by atomic mass is 9.78. The van der Waals surface area contributed by atoms with Crippen LogP contribution < -0.4 is 0 Å². The van der Waals surface area contributed by atoms with Crippen LogP contribution in [0.25, 0.3) is 0 Å². The molecule has 0 bridgehead atoms. The summed E-state index contributed by atoms with van der Waals surface area (Å²) in [5, 5.41) is 14.2. The predicted octanol–water partition coefficient (Wildman–Crippen LogP) is 4.93. The van der Waals surface area contributed by atoms with E-state index in [0.29, 0.717) is 12.4 Å². The first kappa shape index (κ1) is 16.7. The van der Waals surface area contributed by atoms with Gasteiger partial charge in [0.15, 0.2) is 0 Å². The van der Waals surface area contributed by atoms with Crippen molar-refractivity contribution in [3.63, 3.8) is 0 Å². The van der Waals surface area contributed by atoms with Crippen molar-refractivity contribution in [1.29, 1.82) is 0 Å². The van der Waals surface area contributed by atoms with Crippen molar-refractivity contribution in [2.75, 3.05) is 18.1 Å². The van der Waals surface area contributed by atoms with Crippen LogP contribution in [-0.2, 0) is 4.84 Å². The van der Waals surface area contributed by atoms with E-state index in [4.69, 9.17) is 4.84 Å². The molecule has 0 aromatic heterocycles. The Morgan fingerprint density at radius 1 is 1.38 bits per heavy atom. The zero-order valence-electron chi connectivity index (χ0n) is 13.2. The van der Waals surface area contributed by atoms with Crippen LogP contribution in [0.2, 0.25) is 0 Å². The molecule has 2 unspecified atom stereocenters. The van der Waals surface area contributed by atoms with E-state index in [0.717, 1.165) is 43.9 Å². The summed E-state index contributed by atoms with van der Waals surface area (Å²) in [7, 11) is 0. The number of allylic oxidation sites excluding steroid dienone is 2. The minimum Gasteiger partial charge on any atom is -0.512 e. The molecule has 1 aliphatic heterocycles. The second kappa shape index (κ2) is 9.39. The predicted molar refractivity (Wildman–Crippen MR) is 91.0 cm³/mol. The van der Waals surface area contributed by atoms with Crippen LogP contribution >= 0.6 is 11.8 Å². The van der Waals surface area contributed by atoms with E-state index in [1.807, 2.05) is 13.1 Å². The maximum atomic E-state index is 10.3. The van der Waals surface area contributed by atoms with Crippen LogP contribution in [0.5, 0.6) is 0 Å². The average molecular weight is 311 g/mol. The van der Waals surface area contributed by atoms with Gasteiger partial charge in [0, 0.05) is 12.6 Å². The first-order chi connectivity index (χ1) is 10.3. The third kappa shape index (κ3) is 5.57. The molecule has 120 valence electrons. The molecule has 0 aromatic rings. The molecule has 1 heterocycles. The highest BCUT2D eigenvalue weighted by molar-refractivity contribution is 7.99. The number of aliphatic hydroxyl groups excluding tert-OH is 1. The van der Waals surface area contributed by atoms with Crippen LogP contribution in [0, 0.1) is 11.8 Å². The van der Waals surface area contributed by atoms with Crippen LogP contribution in [0.4, 0.5) is 0 Å². The standard InChI is InChI=1S/C17H29NO2S/c1-2-20-18-10-4-3-6-14-8-9-15(12-17(14)19)16-7-5-11-21-13-16/h10,15-16,19H,2-9,11-13H2,1H3. The molecule has 0 amide bonds. The molecular weight excluding hydrogens is 282 g/mol. The lowest BCUT2D eigenvalue weighted by Gasteiger charge is -2.33. The minimum atomic E-state index is 0.628. The first-order valence-corrected chi connectivity index (χ1v) is 9.58. The maximum Gasteiger partial charge on any atom is 0.114 e. The summed E-state index contributed by atoms with van der Waals surface area (Å²) < 4.78 is 0. The van der Waals surface area contributed by atoms with Crippen molar-refractivity contribution < 1.29 is 9.94 Å². The molecule has 0 saturated carbocycles. The van der Waals surface area contributed by atoms with Crippen molar-refractivity contribution in [2.45, 2.75) is 58.3 Å². The number of unbranched alkanes of at least 4 members (excludes halogenated alkanes) is 1. The Kier molecular flexibility index (Phi) is 7.48. The van der Waals surface area contributed by atoms with Crippen molar-refractivity contribution in [1.82, 2.24) is 0 Å². The lowest BCUT2D eigenvalue weighted by Crippen LogP contribution is -2.24. The van der Waals surface area contributed by atoms with Gasteiger partial charge in [0.1, 0.15) is 6.61 Å². The Morgan fingerprint density at radius 2 is 2.29 bits per heavy atom. The molecule has 2 rings (SSSR count). The normalized spacial score (nSPS) is 27.3. The van der Waals surface area contributed by atoms with Crippen LogP contribution in [0.15, 0.2) is 16.5 Å². The lowest BCUT2D eigenvalue weighted by molar-refractivity contribution is 0.160. The molecular formula is C17H29NO2S. The highest BCUT2D eigenvalue weighted by atomic mass is 32.2. The molecule has 1 fully saturated rings. The Morgan fingerprint density at radius 3 is 3.00 bits per heavy atom. The summed E-state index contributed by atoms with van der Waals surface area (Å²) in [5.41, 5.74) is 1.29. The molecule has 3 nitrogen and oxygen atoms in total. The van der Waals surface area contributed by atoms with Crippen molar-refractivity contribution in [3.05, 3.63) is 11.3 Å². The fraction of sp³-hybridized carbons (Fsp3) is 0.824. The van der Waals surface area contributed by atoms with E-state index >= 15 is 0 Å². The number of rotatable bonds is 7. The topological polar surface area (TPSA) is 41.8 Å². The Hall–Kier alpha value is -0.640. The van der Waals surface area contributed by atoms with Crippen molar-refractivity contribution in [3.8, 4) is 0 Å². The van der Waals surface area contributed by atoms with Gasteiger partial charge in [0.25, 0.3) is 0 Å². The van der Waals surface area contributed by atoms with Gasteiger partial charge in [-0.05, 0) is 80.8 Å². The highest BCUT2D eigenvalue weighted by Gasteiger charge is 2.28. The fourth-order valence-corrected chi connectivity index (χ4v) is 4.67. The van der Waals surface area contributed by atoms with E-state index in [1.54, 1.807) is 0 Å². The zero-order chi connectivity index (χ0) is 14.9. The first-order valence-electron chi connectivity index (χ1n) is 8.42. The molecule has 0 radical (unpaired) electrons. The average Bonchev–Trinajstić information content (AvgIpc) is 2.53. The van der Waals surface area contributed by atoms with E-state index in [9.17, 15) is 5.11 Å². The molecule has 0 spiro atoms. The number of nitrogens with zero attached hydrogens (tertiary/aromatic N) is 1. The van der Waals surface area contributed by atoms with Gasteiger partial charge in [-0.1, -0.05) is 5.16 Å².